The predicted molar refractivity (Wildman–Crippen MR) is 102 cm³/mol. The lowest BCUT2D eigenvalue weighted by molar-refractivity contribution is -0.116. The van der Waals surface area contributed by atoms with Gasteiger partial charge in [0.05, 0.1) is 6.54 Å². The van der Waals surface area contributed by atoms with Crippen LogP contribution in [0.15, 0.2) is 53.0 Å². The van der Waals surface area contributed by atoms with Crippen LogP contribution in [0.4, 0.5) is 0 Å². The molecule has 1 aliphatic heterocycles. The normalized spacial score (nSPS) is 11.7. The maximum atomic E-state index is 11.8. The zero-order chi connectivity index (χ0) is 18.2. The van der Waals surface area contributed by atoms with Crippen LogP contribution in [0.25, 0.3) is 6.08 Å². The van der Waals surface area contributed by atoms with Crippen LogP contribution in [-0.4, -0.2) is 25.9 Å². The summed E-state index contributed by atoms with van der Waals surface area (Å²) in [4.78, 5) is 11.8. The molecule has 0 bridgehead atoms. The van der Waals surface area contributed by atoms with Crippen molar-refractivity contribution in [1.29, 1.82) is 0 Å². The van der Waals surface area contributed by atoms with Gasteiger partial charge in [0.1, 0.15) is 12.4 Å². The lowest BCUT2D eigenvalue weighted by Crippen LogP contribution is -2.21. The highest BCUT2D eigenvalue weighted by atomic mass is 79.9. The number of ether oxygens (including phenoxy) is 3. The molecule has 0 radical (unpaired) electrons. The Balaban J connectivity index is 1.39. The van der Waals surface area contributed by atoms with Crippen LogP contribution in [0, 0.1) is 11.8 Å². The molecular formula is C20H16BrNO4. The monoisotopic (exact) mass is 413 g/mol. The molecule has 2 aromatic carbocycles. The second-order valence-electron chi connectivity index (χ2n) is 5.26. The smallest absolute Gasteiger partial charge is 0.244 e. The first-order valence-electron chi connectivity index (χ1n) is 7.90. The summed E-state index contributed by atoms with van der Waals surface area (Å²) in [6, 6.07) is 13.0. The molecule has 0 aliphatic carbocycles. The molecule has 1 aliphatic rings. The van der Waals surface area contributed by atoms with Gasteiger partial charge >= 0.3 is 0 Å². The van der Waals surface area contributed by atoms with E-state index in [1.165, 1.54) is 6.08 Å². The number of benzene rings is 2. The van der Waals surface area contributed by atoms with Gasteiger partial charge in [-0.3, -0.25) is 4.79 Å². The van der Waals surface area contributed by atoms with E-state index in [2.05, 4.69) is 33.1 Å². The lowest BCUT2D eigenvalue weighted by atomic mass is 10.2. The van der Waals surface area contributed by atoms with Crippen molar-refractivity contribution in [3.63, 3.8) is 0 Å². The zero-order valence-electron chi connectivity index (χ0n) is 13.8. The molecule has 1 N–H and O–H groups in total. The first kappa shape index (κ1) is 17.9. The summed E-state index contributed by atoms with van der Waals surface area (Å²) < 4.78 is 17.0. The molecule has 0 unspecified atom stereocenters. The summed E-state index contributed by atoms with van der Waals surface area (Å²) in [5.74, 6) is 7.62. The van der Waals surface area contributed by atoms with Crippen molar-refractivity contribution >= 4 is 27.9 Å². The zero-order valence-corrected chi connectivity index (χ0v) is 15.4. The largest absolute Gasteiger partial charge is 0.481 e. The lowest BCUT2D eigenvalue weighted by Gasteiger charge is -2.01. The van der Waals surface area contributed by atoms with Gasteiger partial charge < -0.3 is 19.5 Å². The molecule has 0 saturated carbocycles. The van der Waals surface area contributed by atoms with E-state index < -0.39 is 0 Å². The van der Waals surface area contributed by atoms with Crippen LogP contribution in [0.5, 0.6) is 17.2 Å². The molecule has 132 valence electrons. The van der Waals surface area contributed by atoms with Gasteiger partial charge in [-0.05, 0) is 42.0 Å². The van der Waals surface area contributed by atoms with E-state index in [9.17, 15) is 4.79 Å². The van der Waals surface area contributed by atoms with E-state index in [4.69, 9.17) is 14.2 Å². The van der Waals surface area contributed by atoms with Crippen molar-refractivity contribution in [2.24, 2.45) is 0 Å². The maximum absolute atomic E-state index is 11.8. The van der Waals surface area contributed by atoms with Crippen molar-refractivity contribution < 1.29 is 19.0 Å². The molecule has 0 aromatic heterocycles. The molecular weight excluding hydrogens is 398 g/mol. The van der Waals surface area contributed by atoms with E-state index in [-0.39, 0.29) is 25.9 Å². The fraction of sp³-hybridized carbons (Fsp3) is 0.150. The Morgan fingerprint density at radius 2 is 2.08 bits per heavy atom. The molecule has 0 saturated heterocycles. The maximum Gasteiger partial charge on any atom is 0.244 e. The van der Waals surface area contributed by atoms with E-state index >= 15 is 0 Å². The summed E-state index contributed by atoms with van der Waals surface area (Å²) in [5.41, 5.74) is 0.859. The number of carbonyl (C=O) groups excluding carboxylic acids is 1. The van der Waals surface area contributed by atoms with E-state index in [0.717, 1.165) is 15.8 Å². The topological polar surface area (TPSA) is 56.8 Å². The molecule has 1 heterocycles. The highest BCUT2D eigenvalue weighted by Gasteiger charge is 2.12. The SMILES string of the molecule is O=C(/C=C/c1ccc2c(c1)OCO2)NCC#CCOc1cccc(Br)c1. The van der Waals surface area contributed by atoms with Gasteiger partial charge in [0.15, 0.2) is 11.5 Å². The number of carbonyl (C=O) groups is 1. The van der Waals surface area contributed by atoms with Gasteiger partial charge in [0.25, 0.3) is 0 Å². The first-order chi connectivity index (χ1) is 12.7. The van der Waals surface area contributed by atoms with Gasteiger partial charge in [0, 0.05) is 10.5 Å². The predicted octanol–water partition coefficient (Wildman–Crippen LogP) is 3.39. The molecule has 0 spiro atoms. The van der Waals surface area contributed by atoms with Crippen molar-refractivity contribution in [1.82, 2.24) is 5.32 Å². The Morgan fingerprint density at radius 3 is 2.96 bits per heavy atom. The number of hydrogen-bond donors (Lipinski definition) is 1. The minimum Gasteiger partial charge on any atom is -0.481 e. The summed E-state index contributed by atoms with van der Waals surface area (Å²) in [6.07, 6.45) is 3.16. The number of amides is 1. The molecule has 6 heteroatoms. The number of rotatable bonds is 5. The van der Waals surface area contributed by atoms with Gasteiger partial charge in [-0.1, -0.05) is 39.9 Å². The van der Waals surface area contributed by atoms with Crippen molar-refractivity contribution in [3.8, 4) is 29.1 Å². The first-order valence-corrected chi connectivity index (χ1v) is 8.70. The van der Waals surface area contributed by atoms with Crippen LogP contribution in [0.1, 0.15) is 5.56 Å². The molecule has 5 nitrogen and oxygen atoms in total. The van der Waals surface area contributed by atoms with Gasteiger partial charge in [-0.2, -0.15) is 0 Å². The summed E-state index contributed by atoms with van der Waals surface area (Å²) in [5, 5.41) is 2.69. The highest BCUT2D eigenvalue weighted by molar-refractivity contribution is 9.10. The number of halogens is 1. The van der Waals surface area contributed by atoms with E-state index in [1.54, 1.807) is 6.08 Å². The van der Waals surface area contributed by atoms with E-state index in [1.807, 2.05) is 42.5 Å². The van der Waals surface area contributed by atoms with Crippen LogP contribution in [-0.2, 0) is 4.79 Å². The fourth-order valence-electron chi connectivity index (χ4n) is 2.17. The second kappa shape index (κ2) is 8.97. The molecule has 0 fully saturated rings. The summed E-state index contributed by atoms with van der Waals surface area (Å²) >= 11 is 3.37. The van der Waals surface area contributed by atoms with Gasteiger partial charge in [-0.25, -0.2) is 0 Å². The van der Waals surface area contributed by atoms with Crippen LogP contribution in [0.2, 0.25) is 0 Å². The Labute approximate surface area is 160 Å². The second-order valence-corrected chi connectivity index (χ2v) is 6.18. The summed E-state index contributed by atoms with van der Waals surface area (Å²) in [7, 11) is 0. The minimum atomic E-state index is -0.218. The molecule has 26 heavy (non-hydrogen) atoms. The fourth-order valence-corrected chi connectivity index (χ4v) is 2.55. The molecule has 3 rings (SSSR count). The third kappa shape index (κ3) is 5.30. The quantitative estimate of drug-likeness (QED) is 0.602. The Morgan fingerprint density at radius 1 is 1.19 bits per heavy atom. The highest BCUT2D eigenvalue weighted by Crippen LogP contribution is 2.32. The number of fused-ring (bicyclic) bond motifs is 1. The van der Waals surface area contributed by atoms with Crippen molar-refractivity contribution in [2.45, 2.75) is 0 Å². The Bertz CT molecular complexity index is 883. The molecule has 0 atom stereocenters. The third-order valence-electron chi connectivity index (χ3n) is 3.41. The van der Waals surface area contributed by atoms with Gasteiger partial charge in [-0.15, -0.1) is 0 Å². The average molecular weight is 414 g/mol. The molecule has 1 amide bonds. The molecule has 2 aromatic rings. The minimum absolute atomic E-state index is 0.218. The standard InChI is InChI=1S/C20H16BrNO4/c21-16-4-3-5-17(13-16)24-11-2-1-10-22-20(23)9-7-15-6-8-18-19(12-15)26-14-25-18/h3-9,12-13H,10-11,14H2,(H,22,23)/b9-7+. The van der Waals surface area contributed by atoms with Crippen LogP contribution >= 0.6 is 15.9 Å². The number of nitrogens with one attached hydrogen (secondary N) is 1. The van der Waals surface area contributed by atoms with Crippen LogP contribution in [0.3, 0.4) is 0 Å². The third-order valence-corrected chi connectivity index (χ3v) is 3.90. The van der Waals surface area contributed by atoms with Crippen LogP contribution < -0.4 is 19.5 Å². The Hall–Kier alpha value is -2.91. The van der Waals surface area contributed by atoms with Crippen molar-refractivity contribution in [3.05, 3.63) is 58.6 Å². The summed E-state index contributed by atoms with van der Waals surface area (Å²) in [6.45, 7) is 0.748. The van der Waals surface area contributed by atoms with Gasteiger partial charge in [0.2, 0.25) is 12.7 Å². The average Bonchev–Trinajstić information content (AvgIpc) is 3.10. The van der Waals surface area contributed by atoms with E-state index in [0.29, 0.717) is 11.5 Å². The Kier molecular flexibility index (Phi) is 6.18. The van der Waals surface area contributed by atoms with Crippen molar-refractivity contribution in [2.75, 3.05) is 19.9 Å². The number of hydrogen-bond acceptors (Lipinski definition) is 4.